The highest BCUT2D eigenvalue weighted by atomic mass is 35.5. The van der Waals surface area contributed by atoms with E-state index in [9.17, 15) is 0 Å². The van der Waals surface area contributed by atoms with Crippen LogP contribution in [-0.2, 0) is 6.54 Å². The molecule has 2 rings (SSSR count). The van der Waals surface area contributed by atoms with Crippen molar-refractivity contribution in [3.05, 3.63) is 30.2 Å². The standard InChI is InChI=1S/C7H8N4.2ClH/c8-5-7-10-9-6-3-1-2-4-11(6)7;;/h1-4H,5,8H2;2*1H. The molecule has 2 aromatic rings. The van der Waals surface area contributed by atoms with E-state index in [2.05, 4.69) is 10.2 Å². The summed E-state index contributed by atoms with van der Waals surface area (Å²) < 4.78 is 1.88. The molecule has 13 heavy (non-hydrogen) atoms. The Balaban J connectivity index is 0.000000720. The number of hydrogen-bond donors (Lipinski definition) is 1. The minimum Gasteiger partial charge on any atom is -0.324 e. The molecule has 0 bridgehead atoms. The number of hydrogen-bond acceptors (Lipinski definition) is 3. The Morgan fingerprint density at radius 2 is 2.00 bits per heavy atom. The van der Waals surface area contributed by atoms with Crippen molar-refractivity contribution in [2.24, 2.45) is 5.73 Å². The predicted octanol–water partition coefficient (Wildman–Crippen LogP) is 1.03. The Kier molecular flexibility index (Phi) is 4.69. The summed E-state index contributed by atoms with van der Waals surface area (Å²) in [4.78, 5) is 0. The van der Waals surface area contributed by atoms with E-state index in [1.807, 2.05) is 28.8 Å². The van der Waals surface area contributed by atoms with Crippen LogP contribution in [0.15, 0.2) is 24.4 Å². The van der Waals surface area contributed by atoms with E-state index in [1.165, 1.54) is 0 Å². The minimum atomic E-state index is 0. The fraction of sp³-hybridized carbons (Fsp3) is 0.143. The van der Waals surface area contributed by atoms with Crippen molar-refractivity contribution in [3.63, 3.8) is 0 Å². The number of pyridine rings is 1. The Morgan fingerprint density at radius 3 is 2.69 bits per heavy atom. The van der Waals surface area contributed by atoms with Crippen molar-refractivity contribution in [3.8, 4) is 0 Å². The SMILES string of the molecule is Cl.Cl.NCc1nnc2ccccn12. The van der Waals surface area contributed by atoms with Crippen molar-refractivity contribution < 1.29 is 0 Å². The van der Waals surface area contributed by atoms with Crippen LogP contribution in [0, 0.1) is 0 Å². The second-order valence-electron chi connectivity index (χ2n) is 2.25. The van der Waals surface area contributed by atoms with Crippen molar-refractivity contribution >= 4 is 30.5 Å². The van der Waals surface area contributed by atoms with Crippen LogP contribution in [0.4, 0.5) is 0 Å². The van der Waals surface area contributed by atoms with Crippen molar-refractivity contribution in [2.75, 3.05) is 0 Å². The largest absolute Gasteiger partial charge is 0.324 e. The zero-order chi connectivity index (χ0) is 7.68. The second kappa shape index (κ2) is 5.01. The smallest absolute Gasteiger partial charge is 0.160 e. The van der Waals surface area contributed by atoms with Gasteiger partial charge < -0.3 is 5.73 Å². The van der Waals surface area contributed by atoms with E-state index in [0.717, 1.165) is 11.5 Å². The number of fused-ring (bicyclic) bond motifs is 1. The quantitative estimate of drug-likeness (QED) is 0.782. The summed E-state index contributed by atoms with van der Waals surface area (Å²) in [6, 6.07) is 5.74. The molecule has 0 spiro atoms. The molecule has 0 radical (unpaired) electrons. The number of rotatable bonds is 1. The van der Waals surface area contributed by atoms with Crippen LogP contribution in [0.1, 0.15) is 5.82 Å². The van der Waals surface area contributed by atoms with E-state index in [1.54, 1.807) is 0 Å². The molecule has 2 aromatic heterocycles. The van der Waals surface area contributed by atoms with E-state index in [0.29, 0.717) is 6.54 Å². The summed E-state index contributed by atoms with van der Waals surface area (Å²) >= 11 is 0. The number of halogens is 2. The van der Waals surface area contributed by atoms with Crippen LogP contribution >= 0.6 is 24.8 Å². The third kappa shape index (κ3) is 2.09. The summed E-state index contributed by atoms with van der Waals surface area (Å²) in [5, 5.41) is 7.82. The molecule has 0 amide bonds. The zero-order valence-electron chi connectivity index (χ0n) is 6.75. The van der Waals surface area contributed by atoms with Crippen LogP contribution < -0.4 is 5.73 Å². The van der Waals surface area contributed by atoms with Crippen LogP contribution in [0.5, 0.6) is 0 Å². The van der Waals surface area contributed by atoms with E-state index in [-0.39, 0.29) is 24.8 Å². The van der Waals surface area contributed by atoms with Gasteiger partial charge >= 0.3 is 0 Å². The van der Waals surface area contributed by atoms with Gasteiger partial charge in [0.25, 0.3) is 0 Å². The van der Waals surface area contributed by atoms with Gasteiger partial charge in [0.2, 0.25) is 0 Å². The summed E-state index contributed by atoms with van der Waals surface area (Å²) in [7, 11) is 0. The van der Waals surface area contributed by atoms with E-state index >= 15 is 0 Å². The number of aromatic nitrogens is 3. The summed E-state index contributed by atoms with van der Waals surface area (Å²) in [5.74, 6) is 0.792. The molecule has 0 unspecified atom stereocenters. The first-order chi connectivity index (χ1) is 5.42. The number of nitrogens with two attached hydrogens (primary N) is 1. The topological polar surface area (TPSA) is 56.2 Å². The molecule has 0 saturated heterocycles. The normalized spacial score (nSPS) is 9.00. The summed E-state index contributed by atoms with van der Waals surface area (Å²) in [6.45, 7) is 0.422. The fourth-order valence-electron chi connectivity index (χ4n) is 1.03. The molecule has 0 atom stereocenters. The van der Waals surface area contributed by atoms with Gasteiger partial charge in [0.1, 0.15) is 0 Å². The van der Waals surface area contributed by atoms with Crippen LogP contribution in [0.3, 0.4) is 0 Å². The van der Waals surface area contributed by atoms with Gasteiger partial charge in [-0.25, -0.2) is 0 Å². The molecular weight excluding hydrogens is 211 g/mol. The average molecular weight is 221 g/mol. The van der Waals surface area contributed by atoms with Gasteiger partial charge in [0.05, 0.1) is 6.54 Å². The molecule has 0 aromatic carbocycles. The maximum Gasteiger partial charge on any atom is 0.160 e. The first-order valence-electron chi connectivity index (χ1n) is 3.40. The van der Waals surface area contributed by atoms with Gasteiger partial charge in [0.15, 0.2) is 11.5 Å². The molecule has 2 N–H and O–H groups in total. The molecule has 2 heterocycles. The Labute approximate surface area is 88.0 Å². The first kappa shape index (κ1) is 12.2. The van der Waals surface area contributed by atoms with Crippen molar-refractivity contribution in [2.45, 2.75) is 6.54 Å². The van der Waals surface area contributed by atoms with Gasteiger partial charge in [-0.3, -0.25) is 4.40 Å². The van der Waals surface area contributed by atoms with Crippen LogP contribution in [0.25, 0.3) is 5.65 Å². The van der Waals surface area contributed by atoms with Gasteiger partial charge in [-0.2, -0.15) is 0 Å². The Bertz CT molecular complexity index is 373. The highest BCUT2D eigenvalue weighted by Gasteiger charge is 1.99. The van der Waals surface area contributed by atoms with Crippen LogP contribution in [0.2, 0.25) is 0 Å². The van der Waals surface area contributed by atoms with E-state index in [4.69, 9.17) is 5.73 Å². The van der Waals surface area contributed by atoms with Gasteiger partial charge in [-0.1, -0.05) is 6.07 Å². The fourth-order valence-corrected chi connectivity index (χ4v) is 1.03. The first-order valence-corrected chi connectivity index (χ1v) is 3.40. The lowest BCUT2D eigenvalue weighted by Crippen LogP contribution is -2.01. The maximum absolute atomic E-state index is 5.44. The second-order valence-corrected chi connectivity index (χ2v) is 2.25. The van der Waals surface area contributed by atoms with E-state index < -0.39 is 0 Å². The molecule has 0 aliphatic heterocycles. The molecule has 0 fully saturated rings. The highest BCUT2D eigenvalue weighted by Crippen LogP contribution is 2.00. The molecule has 0 aliphatic carbocycles. The molecular formula is C7H10Cl2N4. The van der Waals surface area contributed by atoms with Crippen LogP contribution in [-0.4, -0.2) is 14.6 Å². The summed E-state index contributed by atoms with van der Waals surface area (Å²) in [6.07, 6.45) is 1.90. The third-order valence-electron chi connectivity index (χ3n) is 1.57. The monoisotopic (exact) mass is 220 g/mol. The lowest BCUT2D eigenvalue weighted by atomic mass is 10.5. The van der Waals surface area contributed by atoms with Crippen molar-refractivity contribution in [1.29, 1.82) is 0 Å². The average Bonchev–Trinajstić information content (AvgIpc) is 2.47. The third-order valence-corrected chi connectivity index (χ3v) is 1.57. The van der Waals surface area contributed by atoms with Crippen molar-refractivity contribution in [1.82, 2.24) is 14.6 Å². The summed E-state index contributed by atoms with van der Waals surface area (Å²) in [5.41, 5.74) is 6.28. The zero-order valence-corrected chi connectivity index (χ0v) is 8.38. The Hall–Kier alpha value is -0.840. The Morgan fingerprint density at radius 1 is 1.23 bits per heavy atom. The van der Waals surface area contributed by atoms with Gasteiger partial charge in [0, 0.05) is 6.20 Å². The van der Waals surface area contributed by atoms with Gasteiger partial charge in [-0.15, -0.1) is 35.0 Å². The predicted molar refractivity (Wildman–Crippen MR) is 55.4 cm³/mol. The maximum atomic E-state index is 5.44. The van der Waals surface area contributed by atoms with Gasteiger partial charge in [-0.05, 0) is 12.1 Å². The molecule has 72 valence electrons. The molecule has 0 aliphatic rings. The lowest BCUT2D eigenvalue weighted by Gasteiger charge is -1.92. The highest BCUT2D eigenvalue weighted by molar-refractivity contribution is 5.85. The number of nitrogens with zero attached hydrogens (tertiary/aromatic N) is 3. The molecule has 4 nitrogen and oxygen atoms in total. The molecule has 6 heteroatoms. The molecule has 0 saturated carbocycles. The lowest BCUT2D eigenvalue weighted by molar-refractivity contribution is 0.883. The minimum absolute atomic E-state index is 0.